The Bertz CT molecular complexity index is 1430. The molecule has 0 spiro atoms. The van der Waals surface area contributed by atoms with Crippen molar-refractivity contribution in [2.24, 2.45) is 5.73 Å². The summed E-state index contributed by atoms with van der Waals surface area (Å²) >= 11 is 0. The van der Waals surface area contributed by atoms with Crippen LogP contribution in [0.5, 0.6) is 0 Å². The number of carbonyl (C=O) groups is 2. The average Bonchev–Trinajstić information content (AvgIpc) is 3.39. The molecule has 0 fully saturated rings. The number of esters is 1. The number of anilines is 1. The molecule has 0 unspecified atom stereocenters. The zero-order valence-electron chi connectivity index (χ0n) is 20.2. The Morgan fingerprint density at radius 2 is 1.76 bits per heavy atom. The molecule has 0 aliphatic carbocycles. The molecule has 1 aromatic heterocycles. The third-order valence-electron chi connectivity index (χ3n) is 5.86. The molecule has 0 radical (unpaired) electrons. The van der Waals surface area contributed by atoms with Gasteiger partial charge in [-0.15, -0.1) is 0 Å². The van der Waals surface area contributed by atoms with Crippen molar-refractivity contribution in [2.75, 3.05) is 25.6 Å². The lowest BCUT2D eigenvalue weighted by Crippen LogP contribution is -2.17. The molecule has 0 bridgehead atoms. The minimum absolute atomic E-state index is 0.0267. The van der Waals surface area contributed by atoms with Gasteiger partial charge in [-0.25, -0.2) is 8.78 Å². The van der Waals surface area contributed by atoms with E-state index < -0.39 is 23.5 Å². The monoisotopic (exact) mass is 508 g/mol. The summed E-state index contributed by atoms with van der Waals surface area (Å²) in [5.41, 5.74) is 6.89. The number of para-hydroxylation sites is 1. The number of nitrogens with one attached hydrogen (secondary N) is 1. The second kappa shape index (κ2) is 11.8. The maximum atomic E-state index is 15.4. The Hall–Kier alpha value is -4.08. The number of nitrogens with two attached hydrogens (primary N) is 1. The summed E-state index contributed by atoms with van der Waals surface area (Å²) in [6.07, 6.45) is 1.75. The number of halogens is 2. The van der Waals surface area contributed by atoms with Crippen molar-refractivity contribution < 1.29 is 32.3 Å². The van der Waals surface area contributed by atoms with Gasteiger partial charge >= 0.3 is 5.97 Å². The van der Waals surface area contributed by atoms with Gasteiger partial charge in [0.2, 0.25) is 0 Å². The zero-order chi connectivity index (χ0) is 26.4. The lowest BCUT2D eigenvalue weighted by atomic mass is 9.97. The van der Waals surface area contributed by atoms with Gasteiger partial charge in [0.05, 0.1) is 30.2 Å². The molecule has 1 heterocycles. The predicted molar refractivity (Wildman–Crippen MR) is 135 cm³/mol. The maximum absolute atomic E-state index is 15.4. The first-order chi connectivity index (χ1) is 17.9. The van der Waals surface area contributed by atoms with Crippen molar-refractivity contribution >= 4 is 28.5 Å². The van der Waals surface area contributed by atoms with Crippen molar-refractivity contribution in [3.05, 3.63) is 89.2 Å². The van der Waals surface area contributed by atoms with E-state index >= 15 is 8.78 Å². The smallest absolute Gasteiger partial charge is 0.310 e. The Morgan fingerprint density at radius 1 is 0.973 bits per heavy atom. The summed E-state index contributed by atoms with van der Waals surface area (Å²) in [5.74, 6) is -2.62. The highest BCUT2D eigenvalue weighted by atomic mass is 19.1. The molecule has 7 nitrogen and oxygen atoms in total. The van der Waals surface area contributed by atoms with Gasteiger partial charge in [-0.3, -0.25) is 9.59 Å². The molecule has 0 atom stereocenters. The number of carbonyl (C=O) groups excluding carboxylic acids is 2. The van der Waals surface area contributed by atoms with Crippen LogP contribution in [0.1, 0.15) is 27.9 Å². The first-order valence-corrected chi connectivity index (χ1v) is 11.7. The van der Waals surface area contributed by atoms with Crippen molar-refractivity contribution in [2.45, 2.75) is 19.4 Å². The van der Waals surface area contributed by atoms with E-state index in [0.29, 0.717) is 24.3 Å². The highest BCUT2D eigenvalue weighted by Gasteiger charge is 2.23. The summed E-state index contributed by atoms with van der Waals surface area (Å²) in [6.45, 7) is 0.651. The van der Waals surface area contributed by atoms with Gasteiger partial charge in [-0.05, 0) is 23.8 Å². The van der Waals surface area contributed by atoms with Gasteiger partial charge < -0.3 is 24.9 Å². The first kappa shape index (κ1) is 26.0. The molecule has 0 saturated carbocycles. The van der Waals surface area contributed by atoms with E-state index in [1.807, 2.05) is 0 Å². The van der Waals surface area contributed by atoms with Crippen molar-refractivity contribution in [3.8, 4) is 11.1 Å². The van der Waals surface area contributed by atoms with Crippen LogP contribution >= 0.6 is 0 Å². The van der Waals surface area contributed by atoms with Crippen LogP contribution in [-0.4, -0.2) is 32.2 Å². The highest BCUT2D eigenvalue weighted by molar-refractivity contribution is 6.09. The zero-order valence-corrected chi connectivity index (χ0v) is 20.2. The Kier molecular flexibility index (Phi) is 8.27. The second-order valence-electron chi connectivity index (χ2n) is 8.29. The number of rotatable bonds is 10. The minimum atomic E-state index is -0.810. The van der Waals surface area contributed by atoms with E-state index in [1.165, 1.54) is 24.5 Å². The summed E-state index contributed by atoms with van der Waals surface area (Å²) in [5, 5.41) is 2.71. The van der Waals surface area contributed by atoms with Gasteiger partial charge in [-0.2, -0.15) is 0 Å². The van der Waals surface area contributed by atoms with E-state index in [4.69, 9.17) is 19.6 Å². The summed E-state index contributed by atoms with van der Waals surface area (Å²) < 4.78 is 46.1. The quantitative estimate of drug-likeness (QED) is 0.225. The standard InChI is InChI=1S/C28H26F2N2O5/c1-35-11-5-12-36-24(33)14-17-6-2-3-9-23(17)32-28(34)22-15-21(27-20(26(22)30)10-13-37-27)19-8-4-7-18(16-31)25(19)29/h2-4,6-10,13,15H,5,11-12,14,16,31H2,1H3,(H,32,34). The van der Waals surface area contributed by atoms with Crippen LogP contribution in [0.15, 0.2) is 65.3 Å². The minimum Gasteiger partial charge on any atom is -0.465 e. The van der Waals surface area contributed by atoms with Crippen molar-refractivity contribution in [3.63, 3.8) is 0 Å². The Balaban J connectivity index is 1.64. The van der Waals surface area contributed by atoms with Crippen LogP contribution in [0.25, 0.3) is 22.1 Å². The van der Waals surface area contributed by atoms with Crippen LogP contribution in [0.4, 0.5) is 14.5 Å². The van der Waals surface area contributed by atoms with Crippen molar-refractivity contribution in [1.29, 1.82) is 0 Å². The molecule has 192 valence electrons. The number of benzene rings is 3. The van der Waals surface area contributed by atoms with Gasteiger partial charge in [0.25, 0.3) is 5.91 Å². The molecule has 0 saturated heterocycles. The number of methoxy groups -OCH3 is 1. The summed E-state index contributed by atoms with van der Waals surface area (Å²) in [4.78, 5) is 25.5. The lowest BCUT2D eigenvalue weighted by Gasteiger charge is -2.14. The third-order valence-corrected chi connectivity index (χ3v) is 5.86. The number of hydrogen-bond acceptors (Lipinski definition) is 6. The fraction of sp³-hybridized carbons (Fsp3) is 0.214. The van der Waals surface area contributed by atoms with E-state index in [-0.39, 0.29) is 52.8 Å². The van der Waals surface area contributed by atoms with Gasteiger partial charge in [0.1, 0.15) is 17.2 Å². The number of ether oxygens (including phenoxy) is 2. The molecule has 37 heavy (non-hydrogen) atoms. The SMILES string of the molecule is COCCCOC(=O)Cc1ccccc1NC(=O)c1cc(-c2cccc(CN)c2F)c2occc2c1F. The highest BCUT2D eigenvalue weighted by Crippen LogP contribution is 2.36. The average molecular weight is 509 g/mol. The molecule has 9 heteroatoms. The van der Waals surface area contributed by atoms with Gasteiger partial charge in [0, 0.05) is 49.1 Å². The van der Waals surface area contributed by atoms with Gasteiger partial charge in [0.15, 0.2) is 0 Å². The van der Waals surface area contributed by atoms with Crippen LogP contribution < -0.4 is 11.1 Å². The molecule has 3 aromatic carbocycles. The molecular weight excluding hydrogens is 482 g/mol. The Labute approximate surface area is 212 Å². The predicted octanol–water partition coefficient (Wildman–Crippen LogP) is 5.21. The van der Waals surface area contributed by atoms with Gasteiger partial charge in [-0.1, -0.05) is 36.4 Å². The van der Waals surface area contributed by atoms with Crippen LogP contribution in [-0.2, 0) is 27.2 Å². The van der Waals surface area contributed by atoms with Crippen LogP contribution in [0.2, 0.25) is 0 Å². The molecule has 0 aliphatic rings. The summed E-state index contributed by atoms with van der Waals surface area (Å²) in [6, 6.07) is 14.0. The lowest BCUT2D eigenvalue weighted by molar-refractivity contribution is -0.143. The second-order valence-corrected chi connectivity index (χ2v) is 8.29. The summed E-state index contributed by atoms with van der Waals surface area (Å²) in [7, 11) is 1.56. The van der Waals surface area contributed by atoms with Crippen LogP contribution in [0.3, 0.4) is 0 Å². The molecule has 1 amide bonds. The fourth-order valence-corrected chi connectivity index (χ4v) is 4.00. The fourth-order valence-electron chi connectivity index (χ4n) is 4.00. The molecule has 3 N–H and O–H groups in total. The largest absolute Gasteiger partial charge is 0.465 e. The maximum Gasteiger partial charge on any atom is 0.310 e. The Morgan fingerprint density at radius 3 is 2.54 bits per heavy atom. The number of fused-ring (bicyclic) bond motifs is 1. The number of hydrogen-bond donors (Lipinski definition) is 2. The van der Waals surface area contributed by atoms with Crippen molar-refractivity contribution in [1.82, 2.24) is 0 Å². The third kappa shape index (κ3) is 5.68. The molecular formula is C28H26F2N2O5. The molecule has 4 aromatic rings. The van der Waals surface area contributed by atoms with E-state index in [2.05, 4.69) is 5.32 Å². The normalized spacial score (nSPS) is 11.0. The molecule has 0 aliphatic heterocycles. The van der Waals surface area contributed by atoms with E-state index in [0.717, 1.165) is 0 Å². The molecule has 4 rings (SSSR count). The number of furan rings is 1. The van der Waals surface area contributed by atoms with E-state index in [9.17, 15) is 9.59 Å². The first-order valence-electron chi connectivity index (χ1n) is 11.7. The number of amides is 1. The van der Waals surface area contributed by atoms with E-state index in [1.54, 1.807) is 43.5 Å². The topological polar surface area (TPSA) is 104 Å². The van der Waals surface area contributed by atoms with Crippen LogP contribution in [0, 0.1) is 11.6 Å².